The smallest absolute Gasteiger partial charge is 0.435 e. The lowest BCUT2D eigenvalue weighted by Gasteiger charge is -2.14. The Morgan fingerprint density at radius 2 is 1.57 bits per heavy atom. The van der Waals surface area contributed by atoms with Crippen LogP contribution in [0.3, 0.4) is 0 Å². The van der Waals surface area contributed by atoms with Crippen LogP contribution in [0.5, 0.6) is 5.75 Å². The number of nitrogens with one attached hydrogen (secondary N) is 1. The first kappa shape index (κ1) is 27.0. The molecule has 0 saturated carbocycles. The molecule has 1 atom stereocenters. The van der Waals surface area contributed by atoms with Gasteiger partial charge < -0.3 is 30.4 Å². The Labute approximate surface area is 201 Å². The second-order valence-electron chi connectivity index (χ2n) is 7.09. The summed E-state index contributed by atoms with van der Waals surface area (Å²) in [7, 11) is 0. The molecule has 2 aromatic rings. The lowest BCUT2D eigenvalue weighted by atomic mass is 10.0. The van der Waals surface area contributed by atoms with E-state index in [1.807, 2.05) is 0 Å². The van der Waals surface area contributed by atoms with Gasteiger partial charge in [0.2, 0.25) is 0 Å². The van der Waals surface area contributed by atoms with Gasteiger partial charge in [0.25, 0.3) is 5.91 Å². The third-order valence-corrected chi connectivity index (χ3v) is 4.51. The molecular weight excluding hydrogens is 458 g/mol. The van der Waals surface area contributed by atoms with Crippen molar-refractivity contribution in [3.8, 4) is 5.75 Å². The van der Waals surface area contributed by atoms with Crippen LogP contribution in [0.15, 0.2) is 53.5 Å². The Kier molecular flexibility index (Phi) is 10.4. The van der Waals surface area contributed by atoms with Crippen LogP contribution in [0.2, 0.25) is 0 Å². The number of hydrogen-bond acceptors (Lipinski definition) is 8. The summed E-state index contributed by atoms with van der Waals surface area (Å²) in [5.41, 5.74) is 6.76. The number of ketones is 1. The Hall–Kier alpha value is -4.25. The number of benzene rings is 2. The molecule has 0 aromatic heterocycles. The fourth-order valence-electron chi connectivity index (χ4n) is 2.78. The highest BCUT2D eigenvalue weighted by Gasteiger charge is 2.19. The number of Topliss-reactive ketones (excluding diaryl/α,β-unsaturated/α-hetero) is 1. The molecular formula is C24H27N3O8. The number of amides is 2. The number of nitrogens with two attached hydrogens (primary N) is 1. The van der Waals surface area contributed by atoms with E-state index in [9.17, 15) is 19.2 Å². The second-order valence-corrected chi connectivity index (χ2v) is 7.09. The number of carbonyl (C=O) groups is 4. The third kappa shape index (κ3) is 8.55. The van der Waals surface area contributed by atoms with Gasteiger partial charge >= 0.3 is 12.1 Å². The largest absolute Gasteiger partial charge is 0.482 e. The normalized spacial score (nSPS) is 11.8. The average molecular weight is 485 g/mol. The fourth-order valence-corrected chi connectivity index (χ4v) is 2.78. The monoisotopic (exact) mass is 485 g/mol. The Morgan fingerprint density at radius 3 is 2.17 bits per heavy atom. The van der Waals surface area contributed by atoms with E-state index in [0.717, 1.165) is 0 Å². The molecule has 11 heteroatoms. The highest BCUT2D eigenvalue weighted by Crippen LogP contribution is 2.14. The molecule has 0 radical (unpaired) electrons. The Morgan fingerprint density at radius 1 is 0.971 bits per heavy atom. The van der Waals surface area contributed by atoms with Gasteiger partial charge in [-0.2, -0.15) is 4.99 Å². The number of nitrogens with zero attached hydrogens (tertiary/aromatic N) is 1. The predicted molar refractivity (Wildman–Crippen MR) is 125 cm³/mol. The molecule has 0 unspecified atom stereocenters. The average Bonchev–Trinajstić information content (AvgIpc) is 2.86. The van der Waals surface area contributed by atoms with Crippen molar-refractivity contribution in [3.05, 3.63) is 65.2 Å². The number of aliphatic hydroxyl groups excluding tert-OH is 1. The van der Waals surface area contributed by atoms with E-state index in [4.69, 9.17) is 20.3 Å². The van der Waals surface area contributed by atoms with Gasteiger partial charge in [0.05, 0.1) is 19.3 Å². The fraction of sp³-hybridized carbons (Fsp3) is 0.292. The van der Waals surface area contributed by atoms with Crippen molar-refractivity contribution in [3.63, 3.8) is 0 Å². The van der Waals surface area contributed by atoms with Gasteiger partial charge in [-0.3, -0.25) is 9.59 Å². The molecule has 0 heterocycles. The van der Waals surface area contributed by atoms with E-state index < -0.39 is 24.0 Å². The van der Waals surface area contributed by atoms with Crippen LogP contribution in [0.1, 0.15) is 40.1 Å². The van der Waals surface area contributed by atoms with Crippen LogP contribution in [-0.2, 0) is 14.3 Å². The molecule has 0 aliphatic carbocycles. The molecule has 0 saturated heterocycles. The number of aliphatic hydroxyl groups is 1. The van der Waals surface area contributed by atoms with Gasteiger partial charge in [0, 0.05) is 16.7 Å². The van der Waals surface area contributed by atoms with Crippen LogP contribution in [0.25, 0.3) is 0 Å². The van der Waals surface area contributed by atoms with Crippen LogP contribution >= 0.6 is 0 Å². The summed E-state index contributed by atoms with van der Waals surface area (Å²) in [5, 5.41) is 11.3. The van der Waals surface area contributed by atoms with E-state index in [1.54, 1.807) is 26.0 Å². The third-order valence-electron chi connectivity index (χ3n) is 4.51. The maximum absolute atomic E-state index is 12.7. The lowest BCUT2D eigenvalue weighted by Crippen LogP contribution is -2.38. The summed E-state index contributed by atoms with van der Waals surface area (Å²) < 4.78 is 14.7. The molecule has 186 valence electrons. The van der Waals surface area contributed by atoms with Crippen molar-refractivity contribution in [2.75, 3.05) is 26.4 Å². The summed E-state index contributed by atoms with van der Waals surface area (Å²) in [4.78, 5) is 51.5. The molecule has 2 rings (SSSR count). The summed E-state index contributed by atoms with van der Waals surface area (Å²) in [6.07, 6.45) is -0.940. The molecule has 0 bridgehead atoms. The molecule has 0 fully saturated rings. The van der Waals surface area contributed by atoms with Crippen LogP contribution in [0, 0.1) is 0 Å². The molecule has 0 aliphatic heterocycles. The zero-order chi connectivity index (χ0) is 25.8. The van der Waals surface area contributed by atoms with E-state index in [0.29, 0.717) is 16.9 Å². The van der Waals surface area contributed by atoms with Crippen LogP contribution in [0.4, 0.5) is 4.79 Å². The van der Waals surface area contributed by atoms with E-state index in [1.165, 1.54) is 36.4 Å². The van der Waals surface area contributed by atoms with Crippen LogP contribution in [-0.4, -0.2) is 67.2 Å². The predicted octanol–water partition coefficient (Wildman–Crippen LogP) is 1.46. The zero-order valence-corrected chi connectivity index (χ0v) is 19.4. The van der Waals surface area contributed by atoms with Crippen LogP contribution < -0.4 is 15.8 Å². The molecule has 0 spiro atoms. The topological polar surface area (TPSA) is 167 Å². The number of amidine groups is 1. The van der Waals surface area contributed by atoms with E-state index >= 15 is 0 Å². The Bertz CT molecular complexity index is 1070. The highest BCUT2D eigenvalue weighted by molar-refractivity contribution is 6.05. The standard InChI is InChI=1S/C24H27N3O8/c1-3-33-20(29)14-35-19-10-8-16(9-11-19)21(30)15(2)26-23(31)18-6-4-17(5-7-18)22(25)27-24(32)34-13-12-28/h4-11,15,28H,3,12-14H2,1-2H3,(H,26,31)(H2,25,27,32)/t15-/m0/s1. The molecule has 35 heavy (non-hydrogen) atoms. The number of aliphatic imine (C=N–C) groups is 1. The van der Waals surface area contributed by atoms with Gasteiger partial charge in [0.1, 0.15) is 18.2 Å². The summed E-state index contributed by atoms with van der Waals surface area (Å²) in [6, 6.07) is 11.3. The number of esters is 1. The SMILES string of the molecule is CCOC(=O)COc1ccc(C(=O)[C@H](C)NC(=O)c2ccc(C(N)=NC(=O)OCCO)cc2)cc1. The number of rotatable bonds is 11. The van der Waals surface area contributed by atoms with Gasteiger partial charge in [-0.1, -0.05) is 12.1 Å². The number of ether oxygens (including phenoxy) is 3. The van der Waals surface area contributed by atoms with Crippen molar-refractivity contribution in [1.29, 1.82) is 0 Å². The highest BCUT2D eigenvalue weighted by atomic mass is 16.6. The maximum Gasteiger partial charge on any atom is 0.435 e. The van der Waals surface area contributed by atoms with E-state index in [-0.39, 0.29) is 43.6 Å². The van der Waals surface area contributed by atoms with Crippen molar-refractivity contribution >= 4 is 29.6 Å². The first-order chi connectivity index (χ1) is 16.7. The molecule has 11 nitrogen and oxygen atoms in total. The lowest BCUT2D eigenvalue weighted by molar-refractivity contribution is -0.145. The molecule has 0 aliphatic rings. The first-order valence-corrected chi connectivity index (χ1v) is 10.7. The number of carbonyl (C=O) groups excluding carboxylic acids is 4. The summed E-state index contributed by atoms with van der Waals surface area (Å²) in [5.74, 6) is -1.00. The first-order valence-electron chi connectivity index (χ1n) is 10.7. The van der Waals surface area contributed by atoms with Gasteiger partial charge in [-0.05, 0) is 50.2 Å². The molecule has 2 amide bonds. The van der Waals surface area contributed by atoms with Gasteiger partial charge in [0.15, 0.2) is 12.4 Å². The minimum atomic E-state index is -0.940. The van der Waals surface area contributed by atoms with Crippen molar-refractivity contribution in [2.45, 2.75) is 19.9 Å². The molecule has 4 N–H and O–H groups in total. The van der Waals surface area contributed by atoms with E-state index in [2.05, 4.69) is 15.0 Å². The van der Waals surface area contributed by atoms with Crippen molar-refractivity contribution in [2.24, 2.45) is 10.7 Å². The Balaban J connectivity index is 1.94. The molecule has 2 aromatic carbocycles. The number of hydrogen-bond donors (Lipinski definition) is 3. The minimum Gasteiger partial charge on any atom is -0.482 e. The second kappa shape index (κ2) is 13.5. The zero-order valence-electron chi connectivity index (χ0n) is 19.4. The maximum atomic E-state index is 12.7. The van der Waals surface area contributed by atoms with Crippen molar-refractivity contribution in [1.82, 2.24) is 5.32 Å². The summed E-state index contributed by atoms with van der Waals surface area (Å²) >= 11 is 0. The summed E-state index contributed by atoms with van der Waals surface area (Å²) in [6.45, 7) is 2.75. The quantitative estimate of drug-likeness (QED) is 0.185. The van der Waals surface area contributed by atoms with Gasteiger partial charge in [-0.15, -0.1) is 0 Å². The minimum absolute atomic E-state index is 0.113. The van der Waals surface area contributed by atoms with Gasteiger partial charge in [-0.25, -0.2) is 9.59 Å². The van der Waals surface area contributed by atoms with Crippen molar-refractivity contribution < 1.29 is 38.5 Å².